The number of hydrogen-bond acceptors (Lipinski definition) is 2. The van der Waals surface area contributed by atoms with Gasteiger partial charge in [0.05, 0.1) is 0 Å². The summed E-state index contributed by atoms with van der Waals surface area (Å²) in [5.74, 6) is 1.39. The first-order chi connectivity index (χ1) is 10.8. The maximum atomic E-state index is 6.28. The van der Waals surface area contributed by atoms with Gasteiger partial charge < -0.3 is 9.64 Å². The Kier molecular flexibility index (Phi) is 2.37. The molecule has 2 aromatic rings. The minimum atomic E-state index is 0.121. The third-order valence-corrected chi connectivity index (χ3v) is 5.16. The predicted molar refractivity (Wildman–Crippen MR) is 91.7 cm³/mol. The van der Waals surface area contributed by atoms with Gasteiger partial charge in [-0.3, -0.25) is 0 Å². The molecule has 5 rings (SSSR count). The molecule has 2 unspecified atom stereocenters. The third kappa shape index (κ3) is 1.46. The highest BCUT2D eigenvalue weighted by atomic mass is 16.5. The number of fused-ring (bicyclic) bond motifs is 4. The molecule has 2 heterocycles. The summed E-state index contributed by atoms with van der Waals surface area (Å²) in [5, 5.41) is 0. The second kappa shape index (κ2) is 4.29. The lowest BCUT2D eigenvalue weighted by molar-refractivity contribution is 0.242. The number of benzene rings is 2. The number of rotatable bonds is 0. The lowest BCUT2D eigenvalue weighted by Crippen LogP contribution is -2.60. The molecule has 106 valence electrons. The molecule has 3 aliphatic rings. The highest BCUT2D eigenvalue weighted by Crippen LogP contribution is 2.42. The summed E-state index contributed by atoms with van der Waals surface area (Å²) in [4.78, 5) is 2.32. The zero-order valence-corrected chi connectivity index (χ0v) is 12.4. The van der Waals surface area contributed by atoms with Gasteiger partial charge in [0.2, 0.25) is 6.71 Å². The molecule has 2 atom stereocenters. The Morgan fingerprint density at radius 1 is 1.00 bits per heavy atom. The zero-order valence-electron chi connectivity index (χ0n) is 12.4. The van der Waals surface area contributed by atoms with E-state index in [2.05, 4.69) is 78.7 Å². The van der Waals surface area contributed by atoms with E-state index in [-0.39, 0.29) is 6.10 Å². The van der Waals surface area contributed by atoms with Crippen molar-refractivity contribution in [1.82, 2.24) is 0 Å². The molecular weight excluding hydrogens is 269 g/mol. The first-order valence-corrected chi connectivity index (χ1v) is 7.81. The van der Waals surface area contributed by atoms with E-state index in [4.69, 9.17) is 4.74 Å². The number of allylic oxidation sites excluding steroid dienone is 2. The van der Waals surface area contributed by atoms with Crippen LogP contribution in [0.15, 0.2) is 72.5 Å². The van der Waals surface area contributed by atoms with Crippen molar-refractivity contribution in [2.75, 3.05) is 11.9 Å². The monoisotopic (exact) mass is 285 g/mol. The number of nitrogens with zero attached hydrogens (tertiary/aromatic N) is 1. The van der Waals surface area contributed by atoms with Crippen LogP contribution in [0.2, 0.25) is 5.82 Å². The molecule has 2 aromatic carbocycles. The van der Waals surface area contributed by atoms with Crippen LogP contribution in [0, 0.1) is 0 Å². The van der Waals surface area contributed by atoms with Gasteiger partial charge in [-0.2, -0.15) is 0 Å². The molecule has 3 heteroatoms. The lowest BCUT2D eigenvalue weighted by atomic mass is 9.29. The normalized spacial score (nSPS) is 24.0. The summed E-state index contributed by atoms with van der Waals surface area (Å²) in [6.07, 6.45) is 6.68. The van der Waals surface area contributed by atoms with Crippen LogP contribution in [0.4, 0.5) is 5.69 Å². The minimum absolute atomic E-state index is 0.121. The van der Waals surface area contributed by atoms with Crippen molar-refractivity contribution in [2.45, 2.75) is 11.9 Å². The van der Waals surface area contributed by atoms with Crippen LogP contribution in [-0.2, 0) is 0 Å². The second-order valence-electron chi connectivity index (χ2n) is 6.22. The van der Waals surface area contributed by atoms with Crippen LogP contribution in [0.25, 0.3) is 0 Å². The first kappa shape index (κ1) is 12.2. The number of ether oxygens (including phenoxy) is 1. The molecule has 0 aromatic heterocycles. The van der Waals surface area contributed by atoms with E-state index in [0.717, 1.165) is 5.75 Å². The maximum absolute atomic E-state index is 6.28. The highest BCUT2D eigenvalue weighted by Gasteiger charge is 2.48. The molecule has 0 fully saturated rings. The molecular formula is C19H16BNO. The van der Waals surface area contributed by atoms with Gasteiger partial charge in [0.15, 0.2) is 0 Å². The Bertz CT molecular complexity index is 826. The second-order valence-corrected chi connectivity index (χ2v) is 6.22. The van der Waals surface area contributed by atoms with E-state index in [0.29, 0.717) is 12.5 Å². The van der Waals surface area contributed by atoms with Crippen LogP contribution >= 0.6 is 0 Å². The summed E-state index contributed by atoms with van der Waals surface area (Å²) in [6, 6.07) is 17.2. The summed E-state index contributed by atoms with van der Waals surface area (Å²) in [7, 11) is 2.16. The third-order valence-electron chi connectivity index (χ3n) is 5.16. The average Bonchev–Trinajstić information content (AvgIpc) is 2.58. The molecule has 2 aliphatic heterocycles. The smallest absolute Gasteiger partial charge is 0.230 e. The van der Waals surface area contributed by atoms with Crippen LogP contribution in [0.1, 0.15) is 0 Å². The standard InChI is InChI=1S/C19H16BNO/c1-21-15-9-4-2-7-13(15)20-14-8-3-5-11-17(14)22-18-12-6-10-16(21)19(18)20/h2-12,18-19H,1H3. The molecule has 22 heavy (non-hydrogen) atoms. The van der Waals surface area contributed by atoms with Gasteiger partial charge in [-0.15, -0.1) is 0 Å². The van der Waals surface area contributed by atoms with Gasteiger partial charge in [-0.25, -0.2) is 0 Å². The Hall–Kier alpha value is -2.42. The number of para-hydroxylation sites is 2. The summed E-state index contributed by atoms with van der Waals surface area (Å²) in [5.41, 5.74) is 5.38. The molecule has 0 saturated carbocycles. The number of hydrogen-bond donors (Lipinski definition) is 0. The highest BCUT2D eigenvalue weighted by molar-refractivity contribution is 6.89. The van der Waals surface area contributed by atoms with Crippen molar-refractivity contribution in [3.05, 3.63) is 72.5 Å². The SMILES string of the molecule is CN1C2=CC=CC3Oc4ccccc4B(c4ccccc41)C23. The van der Waals surface area contributed by atoms with Crippen LogP contribution in [0.5, 0.6) is 5.75 Å². The molecule has 0 amide bonds. The Balaban J connectivity index is 1.83. The lowest BCUT2D eigenvalue weighted by Gasteiger charge is -2.47. The van der Waals surface area contributed by atoms with Crippen molar-refractivity contribution in [1.29, 1.82) is 0 Å². The fourth-order valence-corrected chi connectivity index (χ4v) is 4.21. The van der Waals surface area contributed by atoms with Gasteiger partial charge in [0.1, 0.15) is 11.9 Å². The quantitative estimate of drug-likeness (QED) is 0.689. The molecule has 1 aliphatic carbocycles. The van der Waals surface area contributed by atoms with Crippen molar-refractivity contribution in [3.8, 4) is 5.75 Å². The topological polar surface area (TPSA) is 12.5 Å². The van der Waals surface area contributed by atoms with Crippen molar-refractivity contribution >= 4 is 23.3 Å². The Morgan fingerprint density at radius 3 is 2.68 bits per heavy atom. The zero-order chi connectivity index (χ0) is 14.7. The van der Waals surface area contributed by atoms with Crippen molar-refractivity contribution in [2.24, 2.45) is 0 Å². The molecule has 0 radical (unpaired) electrons. The van der Waals surface area contributed by atoms with E-state index in [1.54, 1.807) is 0 Å². The fourth-order valence-electron chi connectivity index (χ4n) is 4.21. The predicted octanol–water partition coefficient (Wildman–Crippen LogP) is 2.33. The van der Waals surface area contributed by atoms with Crippen molar-refractivity contribution < 1.29 is 4.74 Å². The molecule has 0 spiro atoms. The van der Waals surface area contributed by atoms with Crippen LogP contribution in [-0.4, -0.2) is 19.9 Å². The molecule has 2 nitrogen and oxygen atoms in total. The maximum Gasteiger partial charge on any atom is 0.230 e. The van der Waals surface area contributed by atoms with Gasteiger partial charge in [-0.1, -0.05) is 42.5 Å². The summed E-state index contributed by atoms with van der Waals surface area (Å²) < 4.78 is 6.28. The van der Waals surface area contributed by atoms with Crippen LogP contribution < -0.4 is 20.6 Å². The van der Waals surface area contributed by atoms with E-state index in [9.17, 15) is 0 Å². The molecule has 0 bridgehead atoms. The Morgan fingerprint density at radius 2 is 1.77 bits per heavy atom. The average molecular weight is 285 g/mol. The largest absolute Gasteiger partial charge is 0.487 e. The van der Waals surface area contributed by atoms with E-state index in [1.165, 1.54) is 22.3 Å². The fraction of sp³-hybridized carbons (Fsp3) is 0.158. The molecule has 0 saturated heterocycles. The molecule has 0 N–H and O–H groups in total. The Labute approximate surface area is 130 Å². The van der Waals surface area contributed by atoms with Gasteiger partial charge in [-0.05, 0) is 35.2 Å². The van der Waals surface area contributed by atoms with E-state index >= 15 is 0 Å². The van der Waals surface area contributed by atoms with Gasteiger partial charge in [0.25, 0.3) is 0 Å². The van der Waals surface area contributed by atoms with Gasteiger partial charge >= 0.3 is 0 Å². The number of anilines is 1. The van der Waals surface area contributed by atoms with Gasteiger partial charge in [0, 0.05) is 24.2 Å². The van der Waals surface area contributed by atoms with Crippen molar-refractivity contribution in [3.63, 3.8) is 0 Å². The minimum Gasteiger partial charge on any atom is -0.487 e. The first-order valence-electron chi connectivity index (χ1n) is 7.81. The van der Waals surface area contributed by atoms with E-state index < -0.39 is 0 Å². The summed E-state index contributed by atoms with van der Waals surface area (Å²) in [6.45, 7) is 0.374. The summed E-state index contributed by atoms with van der Waals surface area (Å²) >= 11 is 0. The van der Waals surface area contributed by atoms with E-state index in [1.807, 2.05) is 0 Å². The van der Waals surface area contributed by atoms with Crippen LogP contribution in [0.3, 0.4) is 0 Å².